The number of carbonyl (C=O) groups is 1. The van der Waals surface area contributed by atoms with Gasteiger partial charge >= 0.3 is 0 Å². The van der Waals surface area contributed by atoms with Crippen LogP contribution in [0.15, 0.2) is 40.5 Å². The predicted molar refractivity (Wildman–Crippen MR) is 80.2 cm³/mol. The van der Waals surface area contributed by atoms with Gasteiger partial charge < -0.3 is 4.74 Å². The molecule has 0 aliphatic carbocycles. The quantitative estimate of drug-likeness (QED) is 0.694. The second-order valence-electron chi connectivity index (χ2n) is 4.56. The van der Waals surface area contributed by atoms with Gasteiger partial charge in [-0.25, -0.2) is 4.98 Å². The fraction of sp³-hybridized carbons (Fsp3) is 0.133. The van der Waals surface area contributed by atoms with Crippen LogP contribution in [-0.2, 0) is 6.61 Å². The second-order valence-corrected chi connectivity index (χ2v) is 5.39. The summed E-state index contributed by atoms with van der Waals surface area (Å²) in [6.45, 7) is 2.08. The highest BCUT2D eigenvalue weighted by molar-refractivity contribution is 7.15. The number of carbonyl (C=O) groups excluding carboxylic acids is 1. The van der Waals surface area contributed by atoms with Crippen LogP contribution in [0.3, 0.4) is 0 Å². The summed E-state index contributed by atoms with van der Waals surface area (Å²) >= 11 is 1.43. The fourth-order valence-corrected chi connectivity index (χ4v) is 2.87. The molecule has 0 bridgehead atoms. The van der Waals surface area contributed by atoms with Gasteiger partial charge in [-0.15, -0.1) is 11.3 Å². The third kappa shape index (κ3) is 2.71. The Labute approximate surface area is 124 Å². The normalized spacial score (nSPS) is 10.7. The number of ether oxygens (including phenoxy) is 1. The van der Waals surface area contributed by atoms with Crippen LogP contribution in [0.1, 0.15) is 21.7 Å². The molecule has 0 N–H and O–H groups in total. The highest BCUT2D eigenvalue weighted by Gasteiger charge is 2.07. The fourth-order valence-electron chi connectivity index (χ4n) is 1.97. The molecule has 21 heavy (non-hydrogen) atoms. The van der Waals surface area contributed by atoms with Crippen LogP contribution in [0.4, 0.5) is 0 Å². The van der Waals surface area contributed by atoms with Crippen molar-refractivity contribution in [3.8, 4) is 5.75 Å². The van der Waals surface area contributed by atoms with E-state index < -0.39 is 0 Å². The Hall–Kier alpha value is -2.47. The summed E-state index contributed by atoms with van der Waals surface area (Å²) in [6.07, 6.45) is 0.777. The molecule has 0 amide bonds. The molecule has 106 valence electrons. The van der Waals surface area contributed by atoms with Gasteiger partial charge in [-0.1, -0.05) is 0 Å². The standard InChI is InChI=1S/C15H12N2O3S/c1-10-9-21-15-16-12(6-14(19)17(10)15)8-20-13-4-2-11(7-18)3-5-13/h2-7,9H,8H2,1H3. The zero-order valence-electron chi connectivity index (χ0n) is 11.3. The van der Waals surface area contributed by atoms with Crippen LogP contribution in [-0.4, -0.2) is 15.7 Å². The van der Waals surface area contributed by atoms with Crippen molar-refractivity contribution in [1.82, 2.24) is 9.38 Å². The molecule has 0 radical (unpaired) electrons. The molecule has 6 heteroatoms. The number of aryl methyl sites for hydroxylation is 1. The van der Waals surface area contributed by atoms with Gasteiger partial charge in [0.1, 0.15) is 18.6 Å². The maximum atomic E-state index is 12.0. The van der Waals surface area contributed by atoms with Crippen LogP contribution < -0.4 is 10.3 Å². The number of hydrogen-bond donors (Lipinski definition) is 0. The molecule has 0 saturated carbocycles. The first kappa shape index (κ1) is 13.5. The van der Waals surface area contributed by atoms with E-state index in [9.17, 15) is 9.59 Å². The minimum atomic E-state index is -0.103. The van der Waals surface area contributed by atoms with E-state index in [-0.39, 0.29) is 12.2 Å². The molecule has 2 aromatic heterocycles. The molecular weight excluding hydrogens is 288 g/mol. The van der Waals surface area contributed by atoms with Gasteiger partial charge in [-0.3, -0.25) is 14.0 Å². The molecule has 0 saturated heterocycles. The number of aromatic nitrogens is 2. The highest BCUT2D eigenvalue weighted by Crippen LogP contribution is 2.14. The van der Waals surface area contributed by atoms with E-state index in [2.05, 4.69) is 4.98 Å². The lowest BCUT2D eigenvalue weighted by Gasteiger charge is -2.06. The third-order valence-corrected chi connectivity index (χ3v) is 3.98. The van der Waals surface area contributed by atoms with Crippen LogP contribution in [0.25, 0.3) is 4.96 Å². The lowest BCUT2D eigenvalue weighted by molar-refractivity contribution is 0.112. The topological polar surface area (TPSA) is 60.7 Å². The molecule has 0 atom stereocenters. The van der Waals surface area contributed by atoms with E-state index in [0.717, 1.165) is 12.0 Å². The molecule has 0 fully saturated rings. The van der Waals surface area contributed by atoms with Crippen molar-refractivity contribution in [1.29, 1.82) is 0 Å². The number of fused-ring (bicyclic) bond motifs is 1. The lowest BCUT2D eigenvalue weighted by Crippen LogP contribution is -2.15. The number of benzene rings is 1. The first-order valence-electron chi connectivity index (χ1n) is 6.32. The zero-order valence-corrected chi connectivity index (χ0v) is 12.1. The molecule has 0 unspecified atom stereocenters. The summed E-state index contributed by atoms with van der Waals surface area (Å²) in [4.78, 5) is 27.7. The number of thiazole rings is 1. The molecule has 0 aliphatic heterocycles. The molecule has 3 aromatic rings. The summed E-state index contributed by atoms with van der Waals surface area (Å²) in [5.41, 5.74) is 1.95. The summed E-state index contributed by atoms with van der Waals surface area (Å²) < 4.78 is 7.16. The molecule has 2 heterocycles. The van der Waals surface area contributed by atoms with Crippen LogP contribution >= 0.6 is 11.3 Å². The van der Waals surface area contributed by atoms with Gasteiger partial charge in [0.2, 0.25) is 0 Å². The van der Waals surface area contributed by atoms with E-state index in [1.54, 1.807) is 28.7 Å². The van der Waals surface area contributed by atoms with Gasteiger partial charge in [0.15, 0.2) is 4.96 Å². The van der Waals surface area contributed by atoms with Crippen LogP contribution in [0.5, 0.6) is 5.75 Å². The Kier molecular flexibility index (Phi) is 3.53. The molecule has 1 aromatic carbocycles. The third-order valence-electron chi connectivity index (χ3n) is 3.03. The summed E-state index contributed by atoms with van der Waals surface area (Å²) in [5.74, 6) is 0.630. The van der Waals surface area contributed by atoms with Crippen molar-refractivity contribution in [2.24, 2.45) is 0 Å². The average molecular weight is 300 g/mol. The first-order valence-corrected chi connectivity index (χ1v) is 7.20. The predicted octanol–water partition coefficient (Wildman–Crippen LogP) is 2.46. The molecular formula is C15H12N2O3S. The Morgan fingerprint density at radius 2 is 2.10 bits per heavy atom. The Morgan fingerprint density at radius 3 is 2.81 bits per heavy atom. The molecule has 5 nitrogen and oxygen atoms in total. The van der Waals surface area contributed by atoms with Gasteiger partial charge in [0, 0.05) is 22.7 Å². The number of aldehydes is 1. The summed E-state index contributed by atoms with van der Waals surface area (Å²) in [7, 11) is 0. The van der Waals surface area contributed by atoms with Crippen molar-refractivity contribution in [2.45, 2.75) is 13.5 Å². The van der Waals surface area contributed by atoms with Crippen molar-refractivity contribution >= 4 is 22.6 Å². The van der Waals surface area contributed by atoms with Gasteiger partial charge in [0.05, 0.1) is 5.69 Å². The summed E-state index contributed by atoms with van der Waals surface area (Å²) in [5, 5.41) is 1.90. The highest BCUT2D eigenvalue weighted by atomic mass is 32.1. The molecule has 3 rings (SSSR count). The lowest BCUT2D eigenvalue weighted by atomic mass is 10.2. The van der Waals surface area contributed by atoms with Crippen molar-refractivity contribution in [3.63, 3.8) is 0 Å². The van der Waals surface area contributed by atoms with E-state index in [1.807, 2.05) is 12.3 Å². The average Bonchev–Trinajstić information content (AvgIpc) is 2.87. The first-order chi connectivity index (χ1) is 10.2. The maximum Gasteiger partial charge on any atom is 0.259 e. The van der Waals surface area contributed by atoms with Crippen molar-refractivity contribution in [2.75, 3.05) is 0 Å². The second kappa shape index (κ2) is 5.49. The van der Waals surface area contributed by atoms with Crippen LogP contribution in [0.2, 0.25) is 0 Å². The van der Waals surface area contributed by atoms with Gasteiger partial charge in [-0.2, -0.15) is 0 Å². The number of hydrogen-bond acceptors (Lipinski definition) is 5. The maximum absolute atomic E-state index is 12.0. The van der Waals surface area contributed by atoms with Gasteiger partial charge in [-0.05, 0) is 31.2 Å². The Balaban J connectivity index is 1.81. The SMILES string of the molecule is Cc1csc2nc(COc3ccc(C=O)cc3)cc(=O)n12. The van der Waals surface area contributed by atoms with E-state index in [1.165, 1.54) is 17.4 Å². The zero-order chi connectivity index (χ0) is 14.8. The smallest absolute Gasteiger partial charge is 0.259 e. The van der Waals surface area contributed by atoms with Crippen molar-refractivity contribution in [3.05, 3.63) is 63.0 Å². The minimum absolute atomic E-state index is 0.103. The Morgan fingerprint density at radius 1 is 1.33 bits per heavy atom. The van der Waals surface area contributed by atoms with E-state index >= 15 is 0 Å². The van der Waals surface area contributed by atoms with Gasteiger partial charge in [0.25, 0.3) is 5.56 Å². The summed E-state index contributed by atoms with van der Waals surface area (Å²) in [6, 6.07) is 8.26. The van der Waals surface area contributed by atoms with Crippen molar-refractivity contribution < 1.29 is 9.53 Å². The largest absolute Gasteiger partial charge is 0.487 e. The number of nitrogens with zero attached hydrogens (tertiary/aromatic N) is 2. The minimum Gasteiger partial charge on any atom is -0.487 e. The molecule has 0 aliphatic rings. The van der Waals surface area contributed by atoms with E-state index in [0.29, 0.717) is 22.0 Å². The molecule has 0 spiro atoms. The monoisotopic (exact) mass is 300 g/mol. The van der Waals surface area contributed by atoms with E-state index in [4.69, 9.17) is 4.74 Å². The Bertz CT molecular complexity index is 849. The van der Waals surface area contributed by atoms with Crippen LogP contribution in [0, 0.1) is 6.92 Å². The number of rotatable bonds is 4.